The summed E-state index contributed by atoms with van der Waals surface area (Å²) in [6.45, 7) is 1.63. The van der Waals surface area contributed by atoms with Crippen molar-refractivity contribution in [1.29, 1.82) is 0 Å². The third kappa shape index (κ3) is 2.91. The number of benzene rings is 1. The second-order valence-electron chi connectivity index (χ2n) is 4.62. The Bertz CT molecular complexity index is 348. The fourth-order valence-electron chi connectivity index (χ4n) is 2.67. The molecule has 2 N–H and O–H groups in total. The maximum absolute atomic E-state index is 5.73. The third-order valence-electron chi connectivity index (χ3n) is 3.52. The lowest BCUT2D eigenvalue weighted by molar-refractivity contribution is 0.414. The quantitative estimate of drug-likeness (QED) is 0.850. The van der Waals surface area contributed by atoms with Crippen LogP contribution in [-0.4, -0.2) is 26.2 Å². The molecule has 17 heavy (non-hydrogen) atoms. The van der Waals surface area contributed by atoms with Crippen LogP contribution in [0.4, 0.5) is 5.69 Å². The zero-order chi connectivity index (χ0) is 12.1. The van der Waals surface area contributed by atoms with E-state index in [1.807, 2.05) is 12.1 Å². The van der Waals surface area contributed by atoms with E-state index in [1.54, 1.807) is 7.11 Å². The summed E-state index contributed by atoms with van der Waals surface area (Å²) in [5.74, 6) is 0.919. The van der Waals surface area contributed by atoms with Gasteiger partial charge in [0.1, 0.15) is 5.75 Å². The molecule has 0 aromatic heterocycles. The van der Waals surface area contributed by atoms with E-state index < -0.39 is 0 Å². The Morgan fingerprint density at radius 2 is 2.12 bits per heavy atom. The van der Waals surface area contributed by atoms with Gasteiger partial charge in [-0.1, -0.05) is 18.9 Å². The van der Waals surface area contributed by atoms with Crippen molar-refractivity contribution in [3.63, 3.8) is 0 Å². The smallest absolute Gasteiger partial charge is 0.120 e. The van der Waals surface area contributed by atoms with Gasteiger partial charge in [0.25, 0.3) is 0 Å². The molecule has 0 unspecified atom stereocenters. The van der Waals surface area contributed by atoms with Gasteiger partial charge < -0.3 is 15.4 Å². The van der Waals surface area contributed by atoms with E-state index in [0.717, 1.165) is 12.3 Å². The number of nitrogens with two attached hydrogens (primary N) is 1. The second-order valence-corrected chi connectivity index (χ2v) is 4.62. The topological polar surface area (TPSA) is 38.5 Å². The van der Waals surface area contributed by atoms with Crippen LogP contribution in [0.15, 0.2) is 24.3 Å². The summed E-state index contributed by atoms with van der Waals surface area (Å²) in [7, 11) is 1.71. The van der Waals surface area contributed by atoms with Gasteiger partial charge in [0.05, 0.1) is 7.11 Å². The maximum atomic E-state index is 5.73. The van der Waals surface area contributed by atoms with Crippen molar-refractivity contribution >= 4 is 5.69 Å². The average molecular weight is 234 g/mol. The van der Waals surface area contributed by atoms with Crippen LogP contribution >= 0.6 is 0 Å². The molecule has 0 atom stereocenters. The van der Waals surface area contributed by atoms with Gasteiger partial charge in [0, 0.05) is 30.9 Å². The second kappa shape index (κ2) is 5.92. The number of anilines is 1. The van der Waals surface area contributed by atoms with Crippen molar-refractivity contribution in [3.8, 4) is 5.75 Å². The number of methoxy groups -OCH3 is 1. The van der Waals surface area contributed by atoms with Crippen LogP contribution in [0.5, 0.6) is 5.75 Å². The lowest BCUT2D eigenvalue weighted by atomic mass is 10.1. The van der Waals surface area contributed by atoms with Gasteiger partial charge in [-0.2, -0.15) is 0 Å². The Balaban J connectivity index is 2.18. The van der Waals surface area contributed by atoms with Crippen molar-refractivity contribution in [3.05, 3.63) is 24.3 Å². The summed E-state index contributed by atoms with van der Waals surface area (Å²) >= 11 is 0. The van der Waals surface area contributed by atoms with Crippen molar-refractivity contribution in [2.24, 2.45) is 5.73 Å². The SMILES string of the molecule is COc1cccc(N(CCN)C2CCCC2)c1. The van der Waals surface area contributed by atoms with Crippen LogP contribution in [0.1, 0.15) is 25.7 Å². The van der Waals surface area contributed by atoms with Gasteiger partial charge in [-0.15, -0.1) is 0 Å². The molecule has 1 aromatic rings. The fraction of sp³-hybridized carbons (Fsp3) is 0.571. The highest BCUT2D eigenvalue weighted by atomic mass is 16.5. The summed E-state index contributed by atoms with van der Waals surface area (Å²) in [6, 6.07) is 8.95. The Kier molecular flexibility index (Phi) is 4.26. The monoisotopic (exact) mass is 234 g/mol. The molecule has 3 heteroatoms. The Labute approximate surface area is 104 Å². The van der Waals surface area contributed by atoms with E-state index in [4.69, 9.17) is 10.5 Å². The number of rotatable bonds is 5. The van der Waals surface area contributed by atoms with E-state index >= 15 is 0 Å². The molecule has 1 saturated carbocycles. The van der Waals surface area contributed by atoms with Crippen LogP contribution in [0.2, 0.25) is 0 Å². The van der Waals surface area contributed by atoms with E-state index in [-0.39, 0.29) is 0 Å². The Morgan fingerprint density at radius 3 is 2.76 bits per heavy atom. The maximum Gasteiger partial charge on any atom is 0.120 e. The average Bonchev–Trinajstić information content (AvgIpc) is 2.89. The number of hydrogen-bond donors (Lipinski definition) is 1. The van der Waals surface area contributed by atoms with Gasteiger partial charge in [-0.3, -0.25) is 0 Å². The minimum atomic E-state index is 0.658. The lowest BCUT2D eigenvalue weighted by Crippen LogP contribution is -2.37. The summed E-state index contributed by atoms with van der Waals surface area (Å²) in [5, 5.41) is 0. The van der Waals surface area contributed by atoms with Gasteiger partial charge in [-0.05, 0) is 25.0 Å². The highest BCUT2D eigenvalue weighted by Gasteiger charge is 2.22. The van der Waals surface area contributed by atoms with Crippen LogP contribution in [0.3, 0.4) is 0 Å². The standard InChI is InChI=1S/C14H22N2O/c1-17-14-8-4-7-13(11-14)16(10-9-15)12-5-2-3-6-12/h4,7-8,11-12H,2-3,5-6,9-10,15H2,1H3. The van der Waals surface area contributed by atoms with Crippen LogP contribution < -0.4 is 15.4 Å². The highest BCUT2D eigenvalue weighted by molar-refractivity contribution is 5.51. The molecule has 0 heterocycles. The van der Waals surface area contributed by atoms with Gasteiger partial charge >= 0.3 is 0 Å². The number of ether oxygens (including phenoxy) is 1. The molecule has 0 spiro atoms. The molecule has 1 aliphatic carbocycles. The van der Waals surface area contributed by atoms with Gasteiger partial charge in [0.2, 0.25) is 0 Å². The first-order chi connectivity index (χ1) is 8.35. The molecule has 94 valence electrons. The zero-order valence-corrected chi connectivity index (χ0v) is 10.6. The zero-order valence-electron chi connectivity index (χ0n) is 10.6. The molecule has 0 bridgehead atoms. The van der Waals surface area contributed by atoms with Crippen LogP contribution in [0, 0.1) is 0 Å². The molecule has 3 nitrogen and oxygen atoms in total. The largest absolute Gasteiger partial charge is 0.497 e. The first kappa shape index (κ1) is 12.2. The minimum absolute atomic E-state index is 0.658. The minimum Gasteiger partial charge on any atom is -0.497 e. The Morgan fingerprint density at radius 1 is 1.35 bits per heavy atom. The molecule has 0 radical (unpaired) electrons. The molecule has 0 aliphatic heterocycles. The van der Waals surface area contributed by atoms with E-state index in [0.29, 0.717) is 12.6 Å². The normalized spacial score (nSPS) is 16.1. The first-order valence-corrected chi connectivity index (χ1v) is 6.46. The van der Waals surface area contributed by atoms with Gasteiger partial charge in [-0.25, -0.2) is 0 Å². The molecule has 0 amide bonds. The third-order valence-corrected chi connectivity index (χ3v) is 3.52. The first-order valence-electron chi connectivity index (χ1n) is 6.46. The molecule has 1 aliphatic rings. The summed E-state index contributed by atoms with van der Waals surface area (Å²) in [6.07, 6.45) is 5.26. The fourth-order valence-corrected chi connectivity index (χ4v) is 2.67. The molecule has 1 fully saturated rings. The van der Waals surface area contributed by atoms with E-state index in [2.05, 4.69) is 17.0 Å². The predicted octanol–water partition coefficient (Wildman–Crippen LogP) is 2.40. The number of nitrogens with zero attached hydrogens (tertiary/aromatic N) is 1. The van der Waals surface area contributed by atoms with Crippen molar-refractivity contribution < 1.29 is 4.74 Å². The van der Waals surface area contributed by atoms with E-state index in [1.165, 1.54) is 31.4 Å². The molecular formula is C14H22N2O. The predicted molar refractivity (Wildman–Crippen MR) is 71.7 cm³/mol. The molecule has 0 saturated heterocycles. The summed E-state index contributed by atoms with van der Waals surface area (Å²) in [5.41, 5.74) is 6.97. The lowest BCUT2D eigenvalue weighted by Gasteiger charge is -2.31. The summed E-state index contributed by atoms with van der Waals surface area (Å²) in [4.78, 5) is 2.44. The molecular weight excluding hydrogens is 212 g/mol. The van der Waals surface area contributed by atoms with Crippen molar-refractivity contribution in [1.82, 2.24) is 0 Å². The van der Waals surface area contributed by atoms with Crippen molar-refractivity contribution in [2.75, 3.05) is 25.1 Å². The number of hydrogen-bond acceptors (Lipinski definition) is 3. The Hall–Kier alpha value is -1.22. The van der Waals surface area contributed by atoms with Gasteiger partial charge in [0.15, 0.2) is 0 Å². The highest BCUT2D eigenvalue weighted by Crippen LogP contribution is 2.29. The van der Waals surface area contributed by atoms with E-state index in [9.17, 15) is 0 Å². The van der Waals surface area contributed by atoms with Crippen molar-refractivity contribution in [2.45, 2.75) is 31.7 Å². The van der Waals surface area contributed by atoms with Crippen LogP contribution in [0.25, 0.3) is 0 Å². The summed E-state index contributed by atoms with van der Waals surface area (Å²) < 4.78 is 5.29. The van der Waals surface area contributed by atoms with Crippen LogP contribution in [-0.2, 0) is 0 Å². The molecule has 2 rings (SSSR count). The molecule has 1 aromatic carbocycles.